The summed E-state index contributed by atoms with van der Waals surface area (Å²) in [7, 11) is -3.88. The Hall–Kier alpha value is -1.11. The van der Waals surface area contributed by atoms with Gasteiger partial charge in [-0.2, -0.15) is 0 Å². The van der Waals surface area contributed by atoms with E-state index < -0.39 is 16.0 Å². The van der Waals surface area contributed by atoms with Crippen LogP contribution >= 0.6 is 11.6 Å². The Morgan fingerprint density at radius 3 is 2.52 bits per heavy atom. The van der Waals surface area contributed by atoms with E-state index in [2.05, 4.69) is 6.92 Å². The summed E-state index contributed by atoms with van der Waals surface area (Å²) in [6.45, 7) is 2.42. The van der Waals surface area contributed by atoms with Gasteiger partial charge in [0, 0.05) is 0 Å². The number of halogens is 1. The standard InChI is InChI=1S/C14H20ClNO4S/c1-2-3-4-5-6-9-20-14(17)12-10-11(21(16,18)19)7-8-13(12)15/h7-8,10H,2-6,9H2,1H3,(H2,16,18,19). The Morgan fingerprint density at radius 1 is 1.24 bits per heavy atom. The van der Waals surface area contributed by atoms with E-state index in [4.69, 9.17) is 21.5 Å². The number of esters is 1. The molecule has 1 aromatic carbocycles. The molecule has 2 N–H and O–H groups in total. The average molecular weight is 334 g/mol. The van der Waals surface area contributed by atoms with Crippen LogP contribution in [0.5, 0.6) is 0 Å². The molecule has 5 nitrogen and oxygen atoms in total. The largest absolute Gasteiger partial charge is 0.462 e. The average Bonchev–Trinajstić information content (AvgIpc) is 2.41. The van der Waals surface area contributed by atoms with Crippen molar-refractivity contribution in [1.29, 1.82) is 0 Å². The highest BCUT2D eigenvalue weighted by atomic mass is 35.5. The molecule has 21 heavy (non-hydrogen) atoms. The van der Waals surface area contributed by atoms with Crippen LogP contribution in [0.1, 0.15) is 49.4 Å². The highest BCUT2D eigenvalue weighted by Gasteiger charge is 2.16. The first-order valence-corrected chi connectivity index (χ1v) is 8.78. The van der Waals surface area contributed by atoms with Gasteiger partial charge in [-0.25, -0.2) is 18.4 Å². The van der Waals surface area contributed by atoms with Gasteiger partial charge in [0.05, 0.1) is 22.1 Å². The molecular formula is C14H20ClNO4S. The fourth-order valence-corrected chi connectivity index (χ4v) is 2.52. The number of hydrogen-bond donors (Lipinski definition) is 1. The number of unbranched alkanes of at least 4 members (excludes halogenated alkanes) is 4. The van der Waals surface area contributed by atoms with Crippen molar-refractivity contribution in [2.45, 2.75) is 43.9 Å². The van der Waals surface area contributed by atoms with Crippen molar-refractivity contribution in [3.8, 4) is 0 Å². The molecule has 0 unspecified atom stereocenters. The number of carbonyl (C=O) groups is 1. The lowest BCUT2D eigenvalue weighted by Crippen LogP contribution is -2.14. The van der Waals surface area contributed by atoms with Crippen molar-refractivity contribution in [1.82, 2.24) is 0 Å². The molecule has 0 aromatic heterocycles. The minimum atomic E-state index is -3.88. The van der Waals surface area contributed by atoms with E-state index in [1.807, 2.05) is 0 Å². The van der Waals surface area contributed by atoms with Crippen LogP contribution in [-0.2, 0) is 14.8 Å². The molecule has 0 bridgehead atoms. The number of carbonyl (C=O) groups excluding carboxylic acids is 1. The van der Waals surface area contributed by atoms with E-state index in [0.717, 1.165) is 38.2 Å². The summed E-state index contributed by atoms with van der Waals surface area (Å²) in [6, 6.07) is 3.70. The zero-order chi connectivity index (χ0) is 15.9. The molecule has 0 amide bonds. The topological polar surface area (TPSA) is 86.5 Å². The predicted molar refractivity (Wildman–Crippen MR) is 81.9 cm³/mol. The highest BCUT2D eigenvalue weighted by molar-refractivity contribution is 7.89. The van der Waals surface area contributed by atoms with Gasteiger partial charge in [-0.15, -0.1) is 0 Å². The normalized spacial score (nSPS) is 11.4. The summed E-state index contributed by atoms with van der Waals surface area (Å²) in [5.41, 5.74) is 0.0109. The van der Waals surface area contributed by atoms with Gasteiger partial charge >= 0.3 is 5.97 Å². The van der Waals surface area contributed by atoms with Gasteiger partial charge in [0.2, 0.25) is 10.0 Å². The summed E-state index contributed by atoms with van der Waals surface area (Å²) < 4.78 is 27.6. The lowest BCUT2D eigenvalue weighted by molar-refractivity contribution is 0.0497. The van der Waals surface area contributed by atoms with Crippen LogP contribution in [0.25, 0.3) is 0 Å². The number of sulfonamides is 1. The smallest absolute Gasteiger partial charge is 0.339 e. The lowest BCUT2D eigenvalue weighted by atomic mass is 10.2. The van der Waals surface area contributed by atoms with Gasteiger partial charge in [0.15, 0.2) is 0 Å². The third kappa shape index (κ3) is 6.03. The summed E-state index contributed by atoms with van der Waals surface area (Å²) in [6.07, 6.45) is 5.19. The molecule has 0 aliphatic heterocycles. The maximum atomic E-state index is 11.9. The molecule has 0 radical (unpaired) electrons. The molecule has 0 aliphatic carbocycles. The summed E-state index contributed by atoms with van der Waals surface area (Å²) in [5, 5.41) is 5.16. The molecule has 0 aliphatic rings. The zero-order valence-corrected chi connectivity index (χ0v) is 13.5. The van der Waals surface area contributed by atoms with Crippen LogP contribution in [0.2, 0.25) is 5.02 Å². The summed E-state index contributed by atoms with van der Waals surface area (Å²) in [4.78, 5) is 11.7. The first-order valence-electron chi connectivity index (χ1n) is 6.85. The minimum absolute atomic E-state index is 0.0109. The second kappa shape index (κ2) is 8.36. The maximum absolute atomic E-state index is 11.9. The summed E-state index contributed by atoms with van der Waals surface area (Å²) in [5.74, 6) is -0.638. The van der Waals surface area contributed by atoms with E-state index in [-0.39, 0.29) is 15.5 Å². The number of nitrogens with two attached hydrogens (primary N) is 1. The van der Waals surface area contributed by atoms with Crippen molar-refractivity contribution < 1.29 is 17.9 Å². The Bertz CT molecular complexity index is 587. The highest BCUT2D eigenvalue weighted by Crippen LogP contribution is 2.21. The molecule has 7 heteroatoms. The monoisotopic (exact) mass is 333 g/mol. The Labute approximate surface area is 130 Å². The van der Waals surface area contributed by atoms with E-state index >= 15 is 0 Å². The molecule has 0 heterocycles. The molecule has 0 saturated carbocycles. The van der Waals surface area contributed by atoms with Crippen LogP contribution in [-0.4, -0.2) is 21.0 Å². The molecule has 0 saturated heterocycles. The molecule has 1 rings (SSSR count). The minimum Gasteiger partial charge on any atom is -0.462 e. The van der Waals surface area contributed by atoms with Crippen LogP contribution in [0, 0.1) is 0 Å². The van der Waals surface area contributed by atoms with Crippen molar-refractivity contribution >= 4 is 27.6 Å². The number of benzene rings is 1. The molecular weight excluding hydrogens is 314 g/mol. The first-order chi connectivity index (χ1) is 9.86. The van der Waals surface area contributed by atoms with Gasteiger partial charge in [-0.1, -0.05) is 44.2 Å². The Kier molecular flexibility index (Phi) is 7.14. The Balaban J connectivity index is 2.62. The number of hydrogen-bond acceptors (Lipinski definition) is 4. The van der Waals surface area contributed by atoms with Crippen molar-refractivity contribution in [2.24, 2.45) is 5.14 Å². The van der Waals surface area contributed by atoms with E-state index in [0.29, 0.717) is 6.61 Å². The van der Waals surface area contributed by atoms with E-state index in [1.54, 1.807) is 0 Å². The van der Waals surface area contributed by atoms with Gasteiger partial charge < -0.3 is 4.74 Å². The molecule has 0 fully saturated rings. The quantitative estimate of drug-likeness (QED) is 0.585. The van der Waals surface area contributed by atoms with Crippen molar-refractivity contribution in [3.63, 3.8) is 0 Å². The van der Waals surface area contributed by atoms with E-state index in [9.17, 15) is 13.2 Å². The van der Waals surface area contributed by atoms with Crippen LogP contribution in [0.15, 0.2) is 23.1 Å². The van der Waals surface area contributed by atoms with Gasteiger partial charge in [0.1, 0.15) is 0 Å². The van der Waals surface area contributed by atoms with Gasteiger partial charge in [-0.3, -0.25) is 0 Å². The zero-order valence-electron chi connectivity index (χ0n) is 12.0. The summed E-state index contributed by atoms with van der Waals surface area (Å²) >= 11 is 5.89. The van der Waals surface area contributed by atoms with Gasteiger partial charge in [0.25, 0.3) is 0 Å². The van der Waals surface area contributed by atoms with Crippen molar-refractivity contribution in [2.75, 3.05) is 6.61 Å². The maximum Gasteiger partial charge on any atom is 0.339 e. The lowest BCUT2D eigenvalue weighted by Gasteiger charge is -2.07. The van der Waals surface area contributed by atoms with E-state index in [1.165, 1.54) is 12.1 Å². The second-order valence-electron chi connectivity index (χ2n) is 4.74. The fraction of sp³-hybridized carbons (Fsp3) is 0.500. The molecule has 0 atom stereocenters. The Morgan fingerprint density at radius 2 is 1.90 bits per heavy atom. The third-order valence-corrected chi connectivity index (χ3v) is 4.21. The molecule has 0 spiro atoms. The molecule has 118 valence electrons. The fourth-order valence-electron chi connectivity index (χ4n) is 1.79. The van der Waals surface area contributed by atoms with Gasteiger partial charge in [-0.05, 0) is 24.6 Å². The van der Waals surface area contributed by atoms with Crippen LogP contribution in [0.4, 0.5) is 0 Å². The second-order valence-corrected chi connectivity index (χ2v) is 6.71. The number of ether oxygens (including phenoxy) is 1. The van der Waals surface area contributed by atoms with Crippen LogP contribution < -0.4 is 5.14 Å². The third-order valence-electron chi connectivity index (χ3n) is 2.97. The van der Waals surface area contributed by atoms with Crippen LogP contribution in [0.3, 0.4) is 0 Å². The number of rotatable bonds is 8. The SMILES string of the molecule is CCCCCCCOC(=O)c1cc(S(N)(=O)=O)ccc1Cl. The van der Waals surface area contributed by atoms with Crippen molar-refractivity contribution in [3.05, 3.63) is 28.8 Å². The first kappa shape index (κ1) is 17.9. The molecule has 1 aromatic rings. The predicted octanol–water partition coefficient (Wildman–Crippen LogP) is 3.11. The number of primary sulfonamides is 1.